The van der Waals surface area contributed by atoms with E-state index < -0.39 is 0 Å². The maximum Gasteiger partial charge on any atom is 0.257 e. The van der Waals surface area contributed by atoms with Crippen LogP contribution in [0, 0.1) is 6.92 Å². The Labute approximate surface area is 135 Å². The standard InChI is InChI=1S/C18H20N2O3/c1-3-19-17(21)12-23-16-10-8-15(9-11-16)20-18(22)14-6-4-13(2)5-7-14/h4-11H,3,12H2,1-2H3,(H,19,21)(H,20,22). The molecule has 2 amide bonds. The predicted octanol–water partition coefficient (Wildman–Crippen LogP) is 2.76. The molecule has 0 aliphatic rings. The van der Waals surface area contributed by atoms with Gasteiger partial charge in [-0.15, -0.1) is 0 Å². The molecule has 5 nitrogen and oxygen atoms in total. The SMILES string of the molecule is CCNC(=O)COc1ccc(NC(=O)c2ccc(C)cc2)cc1. The fourth-order valence-electron chi connectivity index (χ4n) is 1.94. The number of aryl methyl sites for hydroxylation is 1. The van der Waals surface area contributed by atoms with Gasteiger partial charge < -0.3 is 15.4 Å². The highest BCUT2D eigenvalue weighted by Gasteiger charge is 2.06. The fourth-order valence-corrected chi connectivity index (χ4v) is 1.94. The van der Waals surface area contributed by atoms with Crippen molar-refractivity contribution in [3.05, 3.63) is 59.7 Å². The van der Waals surface area contributed by atoms with Gasteiger partial charge in [0.15, 0.2) is 6.61 Å². The van der Waals surface area contributed by atoms with Gasteiger partial charge in [0, 0.05) is 17.8 Å². The Morgan fingerprint density at radius 3 is 2.26 bits per heavy atom. The van der Waals surface area contributed by atoms with Crippen molar-refractivity contribution < 1.29 is 14.3 Å². The molecule has 2 rings (SSSR count). The summed E-state index contributed by atoms with van der Waals surface area (Å²) in [5.41, 5.74) is 2.38. The second-order valence-corrected chi connectivity index (χ2v) is 5.09. The topological polar surface area (TPSA) is 67.4 Å². The maximum atomic E-state index is 12.1. The van der Waals surface area contributed by atoms with Gasteiger partial charge in [-0.25, -0.2) is 0 Å². The van der Waals surface area contributed by atoms with Gasteiger partial charge in [0.1, 0.15) is 5.75 Å². The van der Waals surface area contributed by atoms with E-state index in [1.54, 1.807) is 36.4 Å². The number of nitrogens with one attached hydrogen (secondary N) is 2. The molecule has 0 spiro atoms. The average molecular weight is 312 g/mol. The first-order valence-corrected chi connectivity index (χ1v) is 7.46. The van der Waals surface area contributed by atoms with Crippen molar-refractivity contribution in [3.8, 4) is 5.75 Å². The summed E-state index contributed by atoms with van der Waals surface area (Å²) in [6.07, 6.45) is 0. The molecule has 120 valence electrons. The molecule has 0 aromatic heterocycles. The van der Waals surface area contributed by atoms with Gasteiger partial charge in [0.05, 0.1) is 0 Å². The third-order valence-corrected chi connectivity index (χ3v) is 3.17. The number of rotatable bonds is 6. The lowest BCUT2D eigenvalue weighted by molar-refractivity contribution is -0.122. The summed E-state index contributed by atoms with van der Waals surface area (Å²) in [6, 6.07) is 14.3. The van der Waals surface area contributed by atoms with E-state index in [0.29, 0.717) is 23.5 Å². The Morgan fingerprint density at radius 1 is 1.00 bits per heavy atom. The van der Waals surface area contributed by atoms with E-state index in [0.717, 1.165) is 5.56 Å². The number of hydrogen-bond donors (Lipinski definition) is 2. The summed E-state index contributed by atoms with van der Waals surface area (Å²) in [5.74, 6) is 0.245. The number of ether oxygens (including phenoxy) is 1. The van der Waals surface area contributed by atoms with Gasteiger partial charge in [-0.1, -0.05) is 17.7 Å². The number of hydrogen-bond acceptors (Lipinski definition) is 3. The van der Waals surface area contributed by atoms with E-state index in [-0.39, 0.29) is 18.4 Å². The maximum absolute atomic E-state index is 12.1. The summed E-state index contributed by atoms with van der Waals surface area (Å²) in [4.78, 5) is 23.4. The minimum absolute atomic E-state index is 0.0249. The molecule has 2 N–H and O–H groups in total. The van der Waals surface area contributed by atoms with Crippen molar-refractivity contribution in [2.45, 2.75) is 13.8 Å². The molecule has 0 saturated heterocycles. The highest BCUT2D eigenvalue weighted by atomic mass is 16.5. The molecule has 5 heteroatoms. The number of carbonyl (C=O) groups excluding carboxylic acids is 2. The molecule has 0 fully saturated rings. The van der Waals surface area contributed by atoms with Gasteiger partial charge in [-0.3, -0.25) is 9.59 Å². The van der Waals surface area contributed by atoms with Crippen molar-refractivity contribution in [1.29, 1.82) is 0 Å². The number of anilines is 1. The number of likely N-dealkylation sites (N-methyl/N-ethyl adjacent to an activating group) is 1. The van der Waals surface area contributed by atoms with Crippen LogP contribution in [0.2, 0.25) is 0 Å². The normalized spacial score (nSPS) is 10.0. The average Bonchev–Trinajstić information content (AvgIpc) is 2.55. The lowest BCUT2D eigenvalue weighted by Crippen LogP contribution is -2.28. The molecule has 2 aromatic rings. The van der Waals surface area contributed by atoms with Crippen molar-refractivity contribution in [3.63, 3.8) is 0 Å². The van der Waals surface area contributed by atoms with Crippen LogP contribution in [-0.2, 0) is 4.79 Å². The zero-order valence-corrected chi connectivity index (χ0v) is 13.3. The minimum Gasteiger partial charge on any atom is -0.484 e. The predicted molar refractivity (Wildman–Crippen MR) is 89.8 cm³/mol. The van der Waals surface area contributed by atoms with Gasteiger partial charge in [-0.05, 0) is 50.2 Å². The highest BCUT2D eigenvalue weighted by Crippen LogP contribution is 2.16. The van der Waals surface area contributed by atoms with Gasteiger partial charge >= 0.3 is 0 Å². The zero-order chi connectivity index (χ0) is 16.7. The fraction of sp³-hybridized carbons (Fsp3) is 0.222. The zero-order valence-electron chi connectivity index (χ0n) is 13.3. The Bertz CT molecular complexity index is 664. The second-order valence-electron chi connectivity index (χ2n) is 5.09. The largest absolute Gasteiger partial charge is 0.484 e. The van der Waals surface area contributed by atoms with E-state index in [1.165, 1.54) is 0 Å². The Hall–Kier alpha value is -2.82. The summed E-state index contributed by atoms with van der Waals surface area (Å²) < 4.78 is 5.35. The first-order chi connectivity index (χ1) is 11.1. The lowest BCUT2D eigenvalue weighted by Gasteiger charge is -2.08. The molecule has 0 bridgehead atoms. The van der Waals surface area contributed by atoms with E-state index in [2.05, 4.69) is 10.6 Å². The molecule has 0 aliphatic carbocycles. The molecular weight excluding hydrogens is 292 g/mol. The van der Waals surface area contributed by atoms with Crippen LogP contribution in [0.15, 0.2) is 48.5 Å². The Balaban J connectivity index is 1.90. The second kappa shape index (κ2) is 7.98. The summed E-state index contributed by atoms with van der Waals surface area (Å²) in [6.45, 7) is 4.37. The van der Waals surface area contributed by atoms with Gasteiger partial charge in [0.2, 0.25) is 0 Å². The third-order valence-electron chi connectivity index (χ3n) is 3.17. The molecule has 0 aliphatic heterocycles. The van der Waals surface area contributed by atoms with Gasteiger partial charge in [-0.2, -0.15) is 0 Å². The summed E-state index contributed by atoms with van der Waals surface area (Å²) >= 11 is 0. The number of benzene rings is 2. The van der Waals surface area contributed by atoms with E-state index in [4.69, 9.17) is 4.74 Å². The van der Waals surface area contributed by atoms with E-state index in [1.807, 2.05) is 26.0 Å². The highest BCUT2D eigenvalue weighted by molar-refractivity contribution is 6.04. The summed E-state index contributed by atoms with van der Waals surface area (Å²) in [5, 5.41) is 5.47. The molecule has 0 atom stereocenters. The van der Waals surface area contributed by atoms with Crippen molar-refractivity contribution in [2.75, 3.05) is 18.5 Å². The van der Waals surface area contributed by atoms with Crippen LogP contribution < -0.4 is 15.4 Å². The van der Waals surface area contributed by atoms with E-state index in [9.17, 15) is 9.59 Å². The van der Waals surface area contributed by atoms with Crippen LogP contribution in [0.3, 0.4) is 0 Å². The van der Waals surface area contributed by atoms with Crippen LogP contribution in [0.25, 0.3) is 0 Å². The molecule has 23 heavy (non-hydrogen) atoms. The number of amides is 2. The van der Waals surface area contributed by atoms with E-state index >= 15 is 0 Å². The first-order valence-electron chi connectivity index (χ1n) is 7.46. The van der Waals surface area contributed by atoms with Crippen LogP contribution >= 0.6 is 0 Å². The Kier molecular flexibility index (Phi) is 5.74. The van der Waals surface area contributed by atoms with Crippen LogP contribution in [0.4, 0.5) is 5.69 Å². The Morgan fingerprint density at radius 2 is 1.65 bits per heavy atom. The molecule has 0 radical (unpaired) electrons. The molecular formula is C18H20N2O3. The monoisotopic (exact) mass is 312 g/mol. The minimum atomic E-state index is -0.166. The van der Waals surface area contributed by atoms with Crippen LogP contribution in [-0.4, -0.2) is 25.0 Å². The van der Waals surface area contributed by atoms with Crippen LogP contribution in [0.5, 0.6) is 5.75 Å². The third kappa shape index (κ3) is 5.14. The number of carbonyl (C=O) groups is 2. The van der Waals surface area contributed by atoms with Crippen molar-refractivity contribution in [2.24, 2.45) is 0 Å². The smallest absolute Gasteiger partial charge is 0.257 e. The van der Waals surface area contributed by atoms with Crippen LogP contribution in [0.1, 0.15) is 22.8 Å². The lowest BCUT2D eigenvalue weighted by atomic mass is 10.1. The molecule has 0 heterocycles. The van der Waals surface area contributed by atoms with Crippen molar-refractivity contribution >= 4 is 17.5 Å². The van der Waals surface area contributed by atoms with Crippen molar-refractivity contribution in [1.82, 2.24) is 5.32 Å². The molecule has 0 unspecified atom stereocenters. The van der Waals surface area contributed by atoms with Gasteiger partial charge in [0.25, 0.3) is 11.8 Å². The molecule has 0 saturated carbocycles. The summed E-state index contributed by atoms with van der Waals surface area (Å²) in [7, 11) is 0. The quantitative estimate of drug-likeness (QED) is 0.862. The first kappa shape index (κ1) is 16.5. The molecule has 2 aromatic carbocycles.